The summed E-state index contributed by atoms with van der Waals surface area (Å²) in [5, 5.41) is 2.28. The minimum absolute atomic E-state index is 0. The molecule has 141 valence electrons. The molecule has 2 N–H and O–H groups in total. The standard InChI is InChI=1S/C17H14N2O6S2.K/c1-27(23,24)19-13-8-15-12(17(21)14(9-25-15)18-10-20)7-16(13)26(22)11-5-3-2-4-6-11;/h2-10,19H,1H3,(H,18,20);. The van der Waals surface area contributed by atoms with E-state index in [1.807, 2.05) is 0 Å². The van der Waals surface area contributed by atoms with Crippen molar-refractivity contribution in [2.45, 2.75) is 9.79 Å². The van der Waals surface area contributed by atoms with Gasteiger partial charge in [-0.15, -0.1) is 0 Å². The third kappa shape index (κ3) is 5.17. The Morgan fingerprint density at radius 1 is 1.11 bits per heavy atom. The fourth-order valence-corrected chi connectivity index (χ4v) is 4.25. The zero-order valence-electron chi connectivity index (χ0n) is 15.0. The van der Waals surface area contributed by atoms with Gasteiger partial charge in [0.05, 0.1) is 33.0 Å². The van der Waals surface area contributed by atoms with Crippen LogP contribution in [0.4, 0.5) is 11.4 Å². The predicted octanol–water partition coefficient (Wildman–Crippen LogP) is 1.52. The number of sulfonamides is 1. The third-order valence-electron chi connectivity index (χ3n) is 3.54. The van der Waals surface area contributed by atoms with E-state index in [1.54, 1.807) is 30.3 Å². The van der Waals surface area contributed by atoms with E-state index in [0.29, 0.717) is 11.3 Å². The molecule has 0 aliphatic rings. The molecular weight excluding hydrogens is 431 g/mol. The van der Waals surface area contributed by atoms with Gasteiger partial charge in [0.2, 0.25) is 21.9 Å². The van der Waals surface area contributed by atoms with E-state index < -0.39 is 26.3 Å². The van der Waals surface area contributed by atoms with Crippen molar-refractivity contribution in [1.82, 2.24) is 0 Å². The van der Waals surface area contributed by atoms with Crippen LogP contribution in [0, 0.1) is 0 Å². The number of hydrogen-bond acceptors (Lipinski definition) is 6. The van der Waals surface area contributed by atoms with Gasteiger partial charge in [-0.05, 0) is 18.2 Å². The summed E-state index contributed by atoms with van der Waals surface area (Å²) in [5.41, 5.74) is -0.513. The van der Waals surface area contributed by atoms with Gasteiger partial charge in [0.15, 0.2) is 0 Å². The first-order valence-electron chi connectivity index (χ1n) is 7.54. The smallest absolute Gasteiger partial charge is 0.229 e. The number of carbonyl (C=O) groups excluding carboxylic acids is 1. The first-order chi connectivity index (χ1) is 12.8. The molecule has 1 heterocycles. The van der Waals surface area contributed by atoms with Crippen LogP contribution in [0.1, 0.15) is 0 Å². The molecule has 1 aromatic heterocycles. The summed E-state index contributed by atoms with van der Waals surface area (Å²) in [5.74, 6) is 0. The van der Waals surface area contributed by atoms with Gasteiger partial charge in [0.25, 0.3) is 0 Å². The molecule has 1 unspecified atom stereocenters. The van der Waals surface area contributed by atoms with Crippen molar-refractivity contribution >= 4 is 101 Å². The number of carbonyl (C=O) groups is 1. The normalized spacial score (nSPS) is 12.0. The fraction of sp³-hybridized carbons (Fsp3) is 0.0588. The monoisotopic (exact) mass is 445 g/mol. The summed E-state index contributed by atoms with van der Waals surface area (Å²) in [6.45, 7) is 0. The average molecular weight is 446 g/mol. The zero-order chi connectivity index (χ0) is 19.6. The Kier molecular flexibility index (Phi) is 7.73. The quantitative estimate of drug-likeness (QED) is 0.438. The number of rotatable bonds is 6. The maximum atomic E-state index is 13.0. The second-order valence-corrected chi connectivity index (χ2v) is 8.74. The van der Waals surface area contributed by atoms with Gasteiger partial charge < -0.3 is 9.73 Å². The van der Waals surface area contributed by atoms with Crippen molar-refractivity contribution in [3.63, 3.8) is 0 Å². The van der Waals surface area contributed by atoms with Crippen molar-refractivity contribution in [3.05, 3.63) is 59.0 Å². The molecule has 11 heteroatoms. The molecule has 3 aromatic rings. The molecule has 1 amide bonds. The van der Waals surface area contributed by atoms with Gasteiger partial charge in [0, 0.05) is 62.3 Å². The van der Waals surface area contributed by atoms with Gasteiger partial charge in [0.1, 0.15) is 17.5 Å². The molecule has 8 nitrogen and oxygen atoms in total. The van der Waals surface area contributed by atoms with Crippen molar-refractivity contribution in [2.75, 3.05) is 16.3 Å². The Balaban J connectivity index is 0.00000280. The molecule has 2 aromatic carbocycles. The molecule has 0 bridgehead atoms. The average Bonchev–Trinajstić information content (AvgIpc) is 2.63. The Morgan fingerprint density at radius 3 is 2.39 bits per heavy atom. The molecule has 0 aliphatic heterocycles. The van der Waals surface area contributed by atoms with Crippen LogP contribution in [0.2, 0.25) is 0 Å². The van der Waals surface area contributed by atoms with E-state index in [4.69, 9.17) is 4.42 Å². The van der Waals surface area contributed by atoms with E-state index in [0.717, 1.165) is 12.5 Å². The second-order valence-electron chi connectivity index (χ2n) is 5.54. The molecule has 0 fully saturated rings. The summed E-state index contributed by atoms with van der Waals surface area (Å²) in [6, 6.07) is 11.0. The minimum Gasteiger partial charge on any atom is -0.462 e. The van der Waals surface area contributed by atoms with Gasteiger partial charge >= 0.3 is 0 Å². The molecule has 28 heavy (non-hydrogen) atoms. The van der Waals surface area contributed by atoms with Crippen LogP contribution in [0.25, 0.3) is 11.0 Å². The van der Waals surface area contributed by atoms with Crippen molar-refractivity contribution in [1.29, 1.82) is 0 Å². The predicted molar refractivity (Wildman–Crippen MR) is 108 cm³/mol. The van der Waals surface area contributed by atoms with Crippen LogP contribution >= 0.6 is 0 Å². The van der Waals surface area contributed by atoms with Gasteiger partial charge in [-0.25, -0.2) is 12.6 Å². The Bertz CT molecular complexity index is 1210. The molecule has 0 spiro atoms. The first-order valence-corrected chi connectivity index (χ1v) is 10.6. The summed E-state index contributed by atoms with van der Waals surface area (Å²) in [7, 11) is -5.44. The summed E-state index contributed by atoms with van der Waals surface area (Å²) in [4.78, 5) is 23.6. The number of fused-ring (bicyclic) bond motifs is 1. The Hall–Kier alpha value is -1.34. The molecule has 1 atom stereocenters. The topological polar surface area (TPSA) is 123 Å². The second kappa shape index (κ2) is 9.44. The van der Waals surface area contributed by atoms with Crippen molar-refractivity contribution in [3.8, 4) is 0 Å². The van der Waals surface area contributed by atoms with Crippen LogP contribution in [-0.4, -0.2) is 76.7 Å². The van der Waals surface area contributed by atoms with Crippen molar-refractivity contribution in [2.24, 2.45) is 0 Å². The molecule has 0 aliphatic carbocycles. The summed E-state index contributed by atoms with van der Waals surface area (Å²) in [6.07, 6.45) is 2.34. The Morgan fingerprint density at radius 2 is 1.79 bits per heavy atom. The van der Waals surface area contributed by atoms with Crippen LogP contribution in [0.15, 0.2) is 67.7 Å². The fourth-order valence-electron chi connectivity index (χ4n) is 2.42. The molecule has 3 rings (SSSR count). The maximum Gasteiger partial charge on any atom is 0.229 e. The molecule has 1 radical (unpaired) electrons. The summed E-state index contributed by atoms with van der Waals surface area (Å²) < 4.78 is 44.0. The molecule has 0 saturated heterocycles. The number of benzene rings is 2. The minimum atomic E-state index is -3.67. The van der Waals surface area contributed by atoms with Gasteiger partial charge in [-0.3, -0.25) is 14.3 Å². The van der Waals surface area contributed by atoms with E-state index in [9.17, 15) is 22.2 Å². The SMILES string of the molecule is CS(=O)(=O)Nc1cc2occ(NC=O)c(=O)c2cc1S(=O)c1ccccc1.[K]. The van der Waals surface area contributed by atoms with E-state index in [2.05, 4.69) is 10.0 Å². The number of hydrogen-bond donors (Lipinski definition) is 2. The van der Waals surface area contributed by atoms with Crippen LogP contribution < -0.4 is 15.5 Å². The maximum absolute atomic E-state index is 13.0. The van der Waals surface area contributed by atoms with E-state index in [-0.39, 0.29) is 78.6 Å². The van der Waals surface area contributed by atoms with Crippen LogP contribution in [0.5, 0.6) is 0 Å². The zero-order valence-corrected chi connectivity index (χ0v) is 19.7. The van der Waals surface area contributed by atoms with Crippen LogP contribution in [0.3, 0.4) is 0 Å². The Labute approximate surface area is 205 Å². The van der Waals surface area contributed by atoms with Crippen molar-refractivity contribution < 1.29 is 21.8 Å². The largest absolute Gasteiger partial charge is 0.462 e. The number of anilines is 2. The van der Waals surface area contributed by atoms with Crippen LogP contribution in [-0.2, 0) is 25.6 Å². The number of amides is 1. The van der Waals surface area contributed by atoms with E-state index >= 15 is 0 Å². The van der Waals surface area contributed by atoms with Gasteiger partial charge in [-0.1, -0.05) is 18.2 Å². The first kappa shape index (κ1) is 22.9. The van der Waals surface area contributed by atoms with E-state index in [1.165, 1.54) is 12.1 Å². The molecular formula is C17H14KN2O6S2. The number of nitrogens with one attached hydrogen (secondary N) is 2. The third-order valence-corrected chi connectivity index (χ3v) is 5.57. The van der Waals surface area contributed by atoms with Gasteiger partial charge in [-0.2, -0.15) is 0 Å². The molecule has 0 saturated carbocycles. The summed E-state index contributed by atoms with van der Waals surface area (Å²) >= 11 is 0.